The first-order valence-corrected chi connectivity index (χ1v) is 13.3. The highest BCUT2D eigenvalue weighted by Crippen LogP contribution is 2.69. The van der Waals surface area contributed by atoms with E-state index < -0.39 is 48.1 Å². The largest absolute Gasteiger partial charge is 0.479 e. The number of methoxy groups -OCH3 is 1. The van der Waals surface area contributed by atoms with E-state index >= 15 is 0 Å². The van der Waals surface area contributed by atoms with E-state index in [4.69, 9.17) is 24.0 Å². The van der Waals surface area contributed by atoms with Crippen molar-refractivity contribution in [1.29, 1.82) is 0 Å². The van der Waals surface area contributed by atoms with Gasteiger partial charge in [0.1, 0.15) is 24.1 Å². The molecule has 8 rings (SSSR count). The van der Waals surface area contributed by atoms with Gasteiger partial charge in [0, 0.05) is 18.1 Å². The van der Waals surface area contributed by atoms with E-state index in [0.717, 1.165) is 48.5 Å². The topological polar surface area (TPSA) is 144 Å². The third-order valence-corrected chi connectivity index (χ3v) is 9.73. The third kappa shape index (κ3) is 3.22. The van der Waals surface area contributed by atoms with Crippen molar-refractivity contribution in [3.05, 3.63) is 42.0 Å². The van der Waals surface area contributed by atoms with Crippen LogP contribution in [-0.4, -0.2) is 69.8 Å². The van der Waals surface area contributed by atoms with Crippen molar-refractivity contribution in [2.24, 2.45) is 23.7 Å². The summed E-state index contributed by atoms with van der Waals surface area (Å²) in [5.41, 5.74) is 0.224. The van der Waals surface area contributed by atoms with E-state index in [1.165, 1.54) is 6.42 Å². The molecule has 10 heteroatoms. The second-order valence-corrected chi connectivity index (χ2v) is 11.6. The Bertz CT molecular complexity index is 1230. The zero-order chi connectivity index (χ0) is 26.4. The summed E-state index contributed by atoms with van der Waals surface area (Å²) in [6.45, 7) is 0. The van der Waals surface area contributed by atoms with Gasteiger partial charge in [0.15, 0.2) is 11.7 Å². The third-order valence-electron chi connectivity index (χ3n) is 9.73. The van der Waals surface area contributed by atoms with Gasteiger partial charge in [-0.2, -0.15) is 4.89 Å². The van der Waals surface area contributed by atoms with Gasteiger partial charge in [0.25, 0.3) is 5.79 Å². The Hall–Kier alpha value is -2.31. The van der Waals surface area contributed by atoms with Crippen molar-refractivity contribution in [3.8, 4) is 5.75 Å². The van der Waals surface area contributed by atoms with Crippen molar-refractivity contribution >= 4 is 16.7 Å². The van der Waals surface area contributed by atoms with Crippen LogP contribution in [0.15, 0.2) is 36.4 Å². The van der Waals surface area contributed by atoms with Crippen LogP contribution in [-0.2, 0) is 29.8 Å². The van der Waals surface area contributed by atoms with Gasteiger partial charge in [-0.1, -0.05) is 24.3 Å². The lowest BCUT2D eigenvalue weighted by Crippen LogP contribution is -2.76. The SMILES string of the molecule is COC1(c2ccc3cccc(OC4OC(C(=O)O)C(O)C(O)C4O)c3c2)OOC12C1CC3CC(C1)CC2C3. The van der Waals surface area contributed by atoms with E-state index in [0.29, 0.717) is 23.0 Å². The van der Waals surface area contributed by atoms with Crippen molar-refractivity contribution in [2.75, 3.05) is 7.11 Å². The summed E-state index contributed by atoms with van der Waals surface area (Å²) in [6, 6.07) is 11.2. The highest BCUT2D eigenvalue weighted by Gasteiger charge is 2.76. The minimum atomic E-state index is -1.80. The smallest absolute Gasteiger partial charge is 0.335 e. The lowest BCUT2D eigenvalue weighted by atomic mass is 9.47. The van der Waals surface area contributed by atoms with Crippen LogP contribution < -0.4 is 4.74 Å². The first kappa shape index (κ1) is 24.7. The number of benzene rings is 2. The minimum absolute atomic E-state index is 0.312. The van der Waals surface area contributed by atoms with Gasteiger partial charge in [0.05, 0.1) is 0 Å². The average Bonchev–Trinajstić information content (AvgIpc) is 2.88. The monoisotopic (exact) mass is 528 g/mol. The predicted molar refractivity (Wildman–Crippen MR) is 130 cm³/mol. The van der Waals surface area contributed by atoms with E-state index in [9.17, 15) is 25.2 Å². The van der Waals surface area contributed by atoms with E-state index in [2.05, 4.69) is 0 Å². The molecule has 6 atom stereocenters. The summed E-state index contributed by atoms with van der Waals surface area (Å²) >= 11 is 0. The van der Waals surface area contributed by atoms with Crippen molar-refractivity contribution < 1.29 is 49.2 Å². The highest BCUT2D eigenvalue weighted by molar-refractivity contribution is 5.89. The van der Waals surface area contributed by atoms with Crippen LogP contribution >= 0.6 is 0 Å². The van der Waals surface area contributed by atoms with Gasteiger partial charge in [-0.15, -0.1) is 0 Å². The molecule has 4 aliphatic carbocycles. The summed E-state index contributed by atoms with van der Waals surface area (Å²) in [7, 11) is 1.65. The van der Waals surface area contributed by atoms with Crippen molar-refractivity contribution in [2.45, 2.75) is 74.2 Å². The Morgan fingerprint density at radius 1 is 0.921 bits per heavy atom. The molecule has 4 bridgehead atoms. The number of hydrogen-bond acceptors (Lipinski definition) is 9. The number of fused-ring (bicyclic) bond motifs is 1. The number of ether oxygens (including phenoxy) is 3. The van der Waals surface area contributed by atoms with Gasteiger partial charge in [-0.3, -0.25) is 0 Å². The molecule has 10 nitrogen and oxygen atoms in total. The highest BCUT2D eigenvalue weighted by atomic mass is 17.3. The van der Waals surface area contributed by atoms with Crippen LogP contribution in [0.5, 0.6) is 5.75 Å². The number of aliphatic hydroxyl groups excluding tert-OH is 3. The van der Waals surface area contributed by atoms with Crippen molar-refractivity contribution in [1.82, 2.24) is 0 Å². The van der Waals surface area contributed by atoms with Crippen molar-refractivity contribution in [3.63, 3.8) is 0 Å². The maximum atomic E-state index is 11.5. The molecule has 2 heterocycles. The molecule has 38 heavy (non-hydrogen) atoms. The fourth-order valence-corrected chi connectivity index (χ4v) is 8.18. The number of carboxylic acids is 1. The molecular formula is C28H32O10. The van der Waals surface area contributed by atoms with Gasteiger partial charge in [0.2, 0.25) is 6.29 Å². The van der Waals surface area contributed by atoms with Gasteiger partial charge >= 0.3 is 5.97 Å². The number of hydrogen-bond donors (Lipinski definition) is 4. The second-order valence-electron chi connectivity index (χ2n) is 11.6. The minimum Gasteiger partial charge on any atom is -0.479 e. The quantitative estimate of drug-likeness (QED) is 0.426. The summed E-state index contributed by atoms with van der Waals surface area (Å²) < 4.78 is 17.5. The first-order chi connectivity index (χ1) is 18.3. The molecule has 2 aliphatic heterocycles. The standard InChI is InChI=1S/C28H32O10/c1-34-28(27(37-38-28)17-8-13-7-14(10-17)11-18(27)9-13)16-6-5-15-3-2-4-20(19(15)12-16)35-26-23(31)21(29)22(30)24(36-26)25(32)33/h2-6,12-14,17-18,21-24,26,29-31H,7-11H2,1H3,(H,32,33). The summed E-state index contributed by atoms with van der Waals surface area (Å²) in [5.74, 6) is -0.0588. The normalized spacial score (nSPS) is 45.3. The van der Waals surface area contributed by atoms with Crippen LogP contribution in [0.25, 0.3) is 10.8 Å². The van der Waals surface area contributed by atoms with Crippen LogP contribution in [0.3, 0.4) is 0 Å². The second kappa shape index (κ2) is 8.59. The Labute approximate surface area is 218 Å². The van der Waals surface area contributed by atoms with Crippen LogP contribution in [0.2, 0.25) is 0 Å². The predicted octanol–water partition coefficient (Wildman–Crippen LogP) is 2.07. The Balaban J connectivity index is 1.25. The number of rotatable bonds is 5. The average molecular weight is 529 g/mol. The van der Waals surface area contributed by atoms with Gasteiger partial charge in [-0.25, -0.2) is 9.68 Å². The molecule has 204 valence electrons. The molecule has 6 fully saturated rings. The van der Waals surface area contributed by atoms with E-state index in [1.807, 2.05) is 24.3 Å². The molecule has 0 amide bonds. The lowest BCUT2D eigenvalue weighted by molar-refractivity contribution is -0.645. The molecular weight excluding hydrogens is 496 g/mol. The van der Waals surface area contributed by atoms with Gasteiger partial charge in [-0.05, 0) is 73.3 Å². The molecule has 4 N–H and O–H groups in total. The number of carboxylic acid groups (broad SMARTS) is 1. The van der Waals surface area contributed by atoms with E-state index in [-0.39, 0.29) is 0 Å². The van der Waals surface area contributed by atoms with Crippen LogP contribution in [0, 0.1) is 23.7 Å². The number of aliphatic hydroxyl groups is 3. The molecule has 2 aromatic rings. The number of carbonyl (C=O) groups is 1. The molecule has 2 aromatic carbocycles. The fourth-order valence-electron chi connectivity index (χ4n) is 8.18. The maximum absolute atomic E-state index is 11.5. The van der Waals surface area contributed by atoms with Crippen LogP contribution in [0.1, 0.15) is 37.7 Å². The molecule has 6 aliphatic rings. The molecule has 0 radical (unpaired) electrons. The first-order valence-electron chi connectivity index (χ1n) is 13.3. The fraction of sp³-hybridized carbons (Fsp3) is 0.607. The Morgan fingerprint density at radius 2 is 1.63 bits per heavy atom. The number of aliphatic carboxylic acids is 1. The molecule has 1 spiro atoms. The molecule has 0 aromatic heterocycles. The summed E-state index contributed by atoms with van der Waals surface area (Å²) in [6.07, 6.45) is -2.73. The maximum Gasteiger partial charge on any atom is 0.335 e. The molecule has 6 unspecified atom stereocenters. The Kier molecular flexibility index (Phi) is 5.59. The Morgan fingerprint density at radius 3 is 2.24 bits per heavy atom. The molecule has 4 saturated carbocycles. The zero-order valence-corrected chi connectivity index (χ0v) is 20.9. The molecule has 2 saturated heterocycles. The lowest BCUT2D eigenvalue weighted by Gasteiger charge is -2.68. The van der Waals surface area contributed by atoms with Gasteiger partial charge < -0.3 is 34.6 Å². The summed E-state index contributed by atoms with van der Waals surface area (Å²) in [4.78, 5) is 23.5. The van der Waals surface area contributed by atoms with E-state index in [1.54, 1.807) is 19.2 Å². The summed E-state index contributed by atoms with van der Waals surface area (Å²) in [5, 5.41) is 41.6. The zero-order valence-electron chi connectivity index (χ0n) is 20.9. The van der Waals surface area contributed by atoms with Crippen LogP contribution in [0.4, 0.5) is 0 Å².